The van der Waals surface area contributed by atoms with Gasteiger partial charge in [-0.05, 0) is 25.0 Å². The average Bonchev–Trinajstić information content (AvgIpc) is 3.22. The van der Waals surface area contributed by atoms with E-state index in [0.29, 0.717) is 31.6 Å². The van der Waals surface area contributed by atoms with Crippen LogP contribution in [0.15, 0.2) is 29.6 Å². The number of nitrogens with zero attached hydrogens (tertiary/aromatic N) is 3. The zero-order chi connectivity index (χ0) is 21.9. The van der Waals surface area contributed by atoms with E-state index >= 15 is 0 Å². The molecule has 0 spiro atoms. The molecule has 30 heavy (non-hydrogen) atoms. The Morgan fingerprint density at radius 2 is 1.97 bits per heavy atom. The minimum atomic E-state index is -4.58. The van der Waals surface area contributed by atoms with Crippen LogP contribution in [0.25, 0.3) is 0 Å². The van der Waals surface area contributed by atoms with Crippen LogP contribution in [0.5, 0.6) is 0 Å². The quantitative estimate of drug-likeness (QED) is 0.685. The molecule has 5 nitrogen and oxygen atoms in total. The molecule has 1 saturated heterocycles. The third-order valence-corrected chi connectivity index (χ3v) is 6.02. The van der Waals surface area contributed by atoms with E-state index in [2.05, 4.69) is 10.9 Å². The first-order chi connectivity index (χ1) is 14.2. The van der Waals surface area contributed by atoms with Crippen molar-refractivity contribution in [2.24, 2.45) is 0 Å². The predicted octanol–water partition coefficient (Wildman–Crippen LogP) is 3.89. The largest absolute Gasteiger partial charge is 0.417 e. The van der Waals surface area contributed by atoms with E-state index in [1.165, 1.54) is 39.3 Å². The zero-order valence-electron chi connectivity index (χ0n) is 16.3. The standard InChI is InChI=1S/C21H20F3N3O2S/c1-3-10-26(2)20(29)17-13-30-18(25-17)14-8-11-27(12-9-14)19(28)15-6-4-5-7-16(15)21(22,23)24/h1,4-7,13-14H,8-12H2,2H3. The summed E-state index contributed by atoms with van der Waals surface area (Å²) < 4.78 is 39.6. The number of aromatic nitrogens is 1. The van der Waals surface area contributed by atoms with Crippen LogP contribution in [-0.4, -0.2) is 53.3 Å². The number of rotatable bonds is 4. The van der Waals surface area contributed by atoms with Crippen molar-refractivity contribution in [2.45, 2.75) is 24.9 Å². The van der Waals surface area contributed by atoms with Gasteiger partial charge in [-0.3, -0.25) is 9.59 Å². The van der Waals surface area contributed by atoms with E-state index in [0.717, 1.165) is 11.1 Å². The van der Waals surface area contributed by atoms with Gasteiger partial charge in [0, 0.05) is 31.4 Å². The minimum absolute atomic E-state index is 0.0522. The van der Waals surface area contributed by atoms with Gasteiger partial charge in [0.2, 0.25) is 0 Å². The number of halogens is 3. The fourth-order valence-electron chi connectivity index (χ4n) is 3.39. The predicted molar refractivity (Wildman–Crippen MR) is 107 cm³/mol. The van der Waals surface area contributed by atoms with Gasteiger partial charge in [-0.15, -0.1) is 17.8 Å². The summed E-state index contributed by atoms with van der Waals surface area (Å²) in [6.07, 6.45) is 1.78. The van der Waals surface area contributed by atoms with Crippen LogP contribution < -0.4 is 0 Å². The third kappa shape index (κ3) is 4.65. The van der Waals surface area contributed by atoms with Gasteiger partial charge >= 0.3 is 6.18 Å². The molecule has 0 bridgehead atoms. The first kappa shape index (κ1) is 21.8. The smallest absolute Gasteiger partial charge is 0.339 e. The molecule has 0 aliphatic carbocycles. The van der Waals surface area contributed by atoms with Gasteiger partial charge in [0.05, 0.1) is 22.7 Å². The fraction of sp³-hybridized carbons (Fsp3) is 0.381. The highest BCUT2D eigenvalue weighted by Crippen LogP contribution is 2.34. The van der Waals surface area contributed by atoms with Crippen molar-refractivity contribution < 1.29 is 22.8 Å². The Bertz CT molecular complexity index is 972. The molecule has 9 heteroatoms. The molecular weight excluding hydrogens is 415 g/mol. The van der Waals surface area contributed by atoms with Crippen molar-refractivity contribution in [1.82, 2.24) is 14.8 Å². The zero-order valence-corrected chi connectivity index (χ0v) is 17.1. The molecule has 1 aliphatic rings. The lowest BCUT2D eigenvalue weighted by Gasteiger charge is -2.31. The molecule has 2 heterocycles. The number of thiazole rings is 1. The first-order valence-electron chi connectivity index (χ1n) is 9.32. The lowest BCUT2D eigenvalue weighted by atomic mass is 9.96. The van der Waals surface area contributed by atoms with Crippen LogP contribution in [0.1, 0.15) is 50.2 Å². The Morgan fingerprint density at radius 1 is 1.30 bits per heavy atom. The second kappa shape index (κ2) is 8.88. The van der Waals surface area contributed by atoms with E-state index < -0.39 is 17.6 Å². The van der Waals surface area contributed by atoms with Crippen molar-refractivity contribution in [3.63, 3.8) is 0 Å². The van der Waals surface area contributed by atoms with Crippen LogP contribution >= 0.6 is 11.3 Å². The summed E-state index contributed by atoms with van der Waals surface area (Å²) in [6, 6.07) is 4.84. The van der Waals surface area contributed by atoms with Crippen LogP contribution in [0, 0.1) is 12.3 Å². The second-order valence-electron chi connectivity index (χ2n) is 7.05. The van der Waals surface area contributed by atoms with E-state index in [4.69, 9.17) is 6.42 Å². The molecule has 0 unspecified atom stereocenters. The molecule has 0 radical (unpaired) electrons. The number of amides is 2. The van der Waals surface area contributed by atoms with Gasteiger partial charge in [0.25, 0.3) is 11.8 Å². The van der Waals surface area contributed by atoms with Crippen LogP contribution in [0.3, 0.4) is 0 Å². The maximum Gasteiger partial charge on any atom is 0.417 e. The Kier molecular flexibility index (Phi) is 6.46. The van der Waals surface area contributed by atoms with Crippen molar-refractivity contribution in [3.05, 3.63) is 51.5 Å². The molecular formula is C21H20F3N3O2S. The molecule has 1 aromatic carbocycles. The van der Waals surface area contributed by atoms with Gasteiger partial charge in [-0.1, -0.05) is 18.1 Å². The second-order valence-corrected chi connectivity index (χ2v) is 7.94. The minimum Gasteiger partial charge on any atom is -0.339 e. The molecule has 1 fully saturated rings. The summed E-state index contributed by atoms with van der Waals surface area (Å²) in [7, 11) is 1.60. The number of hydrogen-bond acceptors (Lipinski definition) is 4. The van der Waals surface area contributed by atoms with E-state index in [1.807, 2.05) is 0 Å². The summed E-state index contributed by atoms with van der Waals surface area (Å²) in [5, 5.41) is 2.47. The molecule has 2 amide bonds. The number of hydrogen-bond donors (Lipinski definition) is 0. The van der Waals surface area contributed by atoms with E-state index in [1.54, 1.807) is 12.4 Å². The van der Waals surface area contributed by atoms with Crippen LogP contribution in [-0.2, 0) is 6.18 Å². The summed E-state index contributed by atoms with van der Waals surface area (Å²) in [6.45, 7) is 0.844. The number of benzene rings is 1. The Morgan fingerprint density at radius 3 is 2.60 bits per heavy atom. The van der Waals surface area contributed by atoms with E-state index in [9.17, 15) is 22.8 Å². The van der Waals surface area contributed by atoms with Gasteiger partial charge < -0.3 is 9.80 Å². The Hall–Kier alpha value is -2.86. The molecule has 3 rings (SSSR count). The molecule has 0 N–H and O–H groups in total. The number of alkyl halides is 3. The van der Waals surface area contributed by atoms with E-state index in [-0.39, 0.29) is 23.9 Å². The SMILES string of the molecule is C#CCN(C)C(=O)c1csc(C2CCN(C(=O)c3ccccc3C(F)(F)F)CC2)n1. The van der Waals surface area contributed by atoms with Crippen LogP contribution in [0.4, 0.5) is 13.2 Å². The maximum absolute atomic E-state index is 13.2. The Labute approximate surface area is 176 Å². The number of terminal acetylenes is 1. The third-order valence-electron chi connectivity index (χ3n) is 5.01. The summed E-state index contributed by atoms with van der Waals surface area (Å²) >= 11 is 1.37. The van der Waals surface area contributed by atoms with Crippen LogP contribution in [0.2, 0.25) is 0 Å². The van der Waals surface area contributed by atoms with Gasteiger partial charge in [-0.25, -0.2) is 4.98 Å². The molecule has 2 aromatic rings. The lowest BCUT2D eigenvalue weighted by Crippen LogP contribution is -2.38. The lowest BCUT2D eigenvalue weighted by molar-refractivity contribution is -0.138. The van der Waals surface area contributed by atoms with Crippen molar-refractivity contribution in [3.8, 4) is 12.3 Å². The van der Waals surface area contributed by atoms with Gasteiger partial charge in [0.15, 0.2) is 0 Å². The molecule has 158 valence electrons. The first-order valence-corrected chi connectivity index (χ1v) is 10.2. The summed E-state index contributed by atoms with van der Waals surface area (Å²) in [5.41, 5.74) is -0.927. The molecule has 1 aromatic heterocycles. The fourth-order valence-corrected chi connectivity index (χ4v) is 4.36. The monoisotopic (exact) mass is 435 g/mol. The molecule has 0 atom stereocenters. The summed E-state index contributed by atoms with van der Waals surface area (Å²) in [5.74, 6) is 1.58. The Balaban J connectivity index is 1.66. The van der Waals surface area contributed by atoms with Gasteiger partial charge in [0.1, 0.15) is 5.69 Å². The highest BCUT2D eigenvalue weighted by Gasteiger charge is 2.36. The highest BCUT2D eigenvalue weighted by molar-refractivity contribution is 7.09. The van der Waals surface area contributed by atoms with Crippen molar-refractivity contribution in [2.75, 3.05) is 26.7 Å². The number of carbonyl (C=O) groups is 2. The average molecular weight is 435 g/mol. The highest BCUT2D eigenvalue weighted by atomic mass is 32.1. The molecule has 0 saturated carbocycles. The van der Waals surface area contributed by atoms with Gasteiger partial charge in [-0.2, -0.15) is 13.2 Å². The topological polar surface area (TPSA) is 53.5 Å². The maximum atomic E-state index is 13.2. The van der Waals surface area contributed by atoms with Crippen molar-refractivity contribution >= 4 is 23.2 Å². The van der Waals surface area contributed by atoms with Crippen molar-refractivity contribution in [1.29, 1.82) is 0 Å². The number of piperidine rings is 1. The molecule has 1 aliphatic heterocycles. The number of carbonyl (C=O) groups excluding carboxylic acids is 2. The number of likely N-dealkylation sites (tertiary alicyclic amines) is 1. The summed E-state index contributed by atoms with van der Waals surface area (Å²) in [4.78, 5) is 32.2. The normalized spacial score (nSPS) is 15.0.